The molecular weight excluding hydrogens is 639 g/mol. The lowest BCUT2D eigenvalue weighted by Crippen LogP contribution is -2.18. The van der Waals surface area contributed by atoms with Crippen LogP contribution in [0.15, 0.2) is 176 Å². The predicted molar refractivity (Wildman–Crippen MR) is 225 cm³/mol. The molecular formula is C52H41N. The standard InChI is InChI=1S/C52H41N/c1-51(2)47-18-9-7-16-43(47)45-28-26-41(32-49(45)51)53(42-27-29-46-44-17-8-10-19-48(44)52(3,4)50(46)33-42)40-24-22-35(23-25-40)37-14-11-15-38(30-37)39-21-20-34-12-5-6-13-36(34)31-39/h5-33H,1-4H3. The van der Waals surface area contributed by atoms with Crippen LogP contribution in [-0.4, -0.2) is 0 Å². The Labute approximate surface area is 312 Å². The van der Waals surface area contributed by atoms with Gasteiger partial charge in [0.15, 0.2) is 0 Å². The topological polar surface area (TPSA) is 3.24 Å². The van der Waals surface area contributed by atoms with Crippen molar-refractivity contribution in [3.05, 3.63) is 198 Å². The van der Waals surface area contributed by atoms with Gasteiger partial charge in [0.25, 0.3) is 0 Å². The molecule has 0 radical (unpaired) electrons. The molecule has 8 aromatic rings. The first-order valence-electron chi connectivity index (χ1n) is 18.8. The highest BCUT2D eigenvalue weighted by molar-refractivity contribution is 5.90. The molecule has 8 aromatic carbocycles. The zero-order chi connectivity index (χ0) is 35.9. The summed E-state index contributed by atoms with van der Waals surface area (Å²) < 4.78 is 0. The first-order chi connectivity index (χ1) is 25.8. The van der Waals surface area contributed by atoms with Crippen molar-refractivity contribution in [1.82, 2.24) is 0 Å². The quantitative estimate of drug-likeness (QED) is 0.175. The van der Waals surface area contributed by atoms with E-state index < -0.39 is 0 Å². The maximum absolute atomic E-state index is 2.45. The largest absolute Gasteiger partial charge is 0.310 e. The minimum absolute atomic E-state index is 0.0882. The monoisotopic (exact) mass is 679 g/mol. The summed E-state index contributed by atoms with van der Waals surface area (Å²) in [5.74, 6) is 0. The van der Waals surface area contributed by atoms with Crippen molar-refractivity contribution in [1.29, 1.82) is 0 Å². The van der Waals surface area contributed by atoms with Crippen molar-refractivity contribution in [2.45, 2.75) is 38.5 Å². The zero-order valence-electron chi connectivity index (χ0n) is 30.7. The zero-order valence-corrected chi connectivity index (χ0v) is 30.7. The molecule has 0 N–H and O–H groups in total. The molecule has 0 fully saturated rings. The molecule has 0 unspecified atom stereocenters. The van der Waals surface area contributed by atoms with E-state index in [1.54, 1.807) is 0 Å². The van der Waals surface area contributed by atoms with Gasteiger partial charge >= 0.3 is 0 Å². The maximum atomic E-state index is 2.45. The fraction of sp³-hybridized carbons (Fsp3) is 0.115. The van der Waals surface area contributed by atoms with E-state index >= 15 is 0 Å². The smallest absolute Gasteiger partial charge is 0.0465 e. The van der Waals surface area contributed by atoms with Crippen LogP contribution < -0.4 is 4.90 Å². The van der Waals surface area contributed by atoms with Crippen LogP contribution in [-0.2, 0) is 10.8 Å². The molecule has 2 aliphatic carbocycles. The summed E-state index contributed by atoms with van der Waals surface area (Å²) in [5.41, 5.74) is 19.1. The van der Waals surface area contributed by atoms with Crippen LogP contribution in [0.5, 0.6) is 0 Å². The predicted octanol–water partition coefficient (Wildman–Crippen LogP) is 14.3. The van der Waals surface area contributed by atoms with Crippen molar-refractivity contribution in [2.75, 3.05) is 4.90 Å². The number of nitrogens with zero attached hydrogens (tertiary/aromatic N) is 1. The van der Waals surface area contributed by atoms with Crippen LogP contribution in [0.25, 0.3) is 55.3 Å². The average Bonchev–Trinajstić information content (AvgIpc) is 3.57. The first-order valence-corrected chi connectivity index (χ1v) is 18.8. The Morgan fingerprint density at radius 1 is 0.302 bits per heavy atom. The van der Waals surface area contributed by atoms with Gasteiger partial charge in [0.2, 0.25) is 0 Å². The van der Waals surface area contributed by atoms with E-state index in [1.165, 1.54) is 88.9 Å². The van der Waals surface area contributed by atoms with Crippen molar-refractivity contribution >= 4 is 27.8 Å². The summed E-state index contributed by atoms with van der Waals surface area (Å²) in [6.45, 7) is 9.45. The number of fused-ring (bicyclic) bond motifs is 7. The fourth-order valence-corrected chi connectivity index (χ4v) is 9.16. The molecule has 0 aromatic heterocycles. The second-order valence-electron chi connectivity index (χ2n) is 15.8. The first kappa shape index (κ1) is 31.5. The Morgan fingerprint density at radius 3 is 1.36 bits per heavy atom. The van der Waals surface area contributed by atoms with Crippen LogP contribution in [0.3, 0.4) is 0 Å². The third-order valence-electron chi connectivity index (χ3n) is 12.1. The van der Waals surface area contributed by atoms with Crippen molar-refractivity contribution in [3.63, 3.8) is 0 Å². The van der Waals surface area contributed by atoms with Gasteiger partial charge in [-0.15, -0.1) is 0 Å². The Bertz CT molecular complexity index is 2620. The van der Waals surface area contributed by atoms with Gasteiger partial charge in [0, 0.05) is 27.9 Å². The summed E-state index contributed by atoms with van der Waals surface area (Å²) in [4.78, 5) is 2.45. The lowest BCUT2D eigenvalue weighted by Gasteiger charge is -2.30. The number of hydrogen-bond acceptors (Lipinski definition) is 1. The molecule has 0 atom stereocenters. The average molecular weight is 680 g/mol. The molecule has 0 heterocycles. The molecule has 0 bridgehead atoms. The third kappa shape index (κ3) is 4.91. The van der Waals surface area contributed by atoms with Gasteiger partial charge in [-0.05, 0) is 126 Å². The van der Waals surface area contributed by atoms with Crippen LogP contribution in [0, 0.1) is 0 Å². The molecule has 0 aliphatic heterocycles. The Hall–Kier alpha value is -6.18. The number of hydrogen-bond donors (Lipinski definition) is 0. The van der Waals surface area contributed by atoms with E-state index in [0.29, 0.717) is 0 Å². The van der Waals surface area contributed by atoms with Crippen LogP contribution in [0.1, 0.15) is 49.9 Å². The van der Waals surface area contributed by atoms with Gasteiger partial charge in [-0.1, -0.05) is 155 Å². The van der Waals surface area contributed by atoms with Gasteiger partial charge in [-0.3, -0.25) is 0 Å². The highest BCUT2D eigenvalue weighted by atomic mass is 15.1. The molecule has 1 nitrogen and oxygen atoms in total. The van der Waals surface area contributed by atoms with E-state index in [1.807, 2.05) is 0 Å². The van der Waals surface area contributed by atoms with Crippen LogP contribution in [0.2, 0.25) is 0 Å². The lowest BCUT2D eigenvalue weighted by atomic mass is 9.82. The maximum Gasteiger partial charge on any atom is 0.0465 e. The molecule has 10 rings (SSSR count). The van der Waals surface area contributed by atoms with E-state index in [0.717, 1.165) is 5.69 Å². The molecule has 1 heteroatoms. The molecule has 2 aliphatic rings. The van der Waals surface area contributed by atoms with Gasteiger partial charge in [-0.25, -0.2) is 0 Å². The summed E-state index contributed by atoms with van der Waals surface area (Å²) in [6.07, 6.45) is 0. The van der Waals surface area contributed by atoms with E-state index in [9.17, 15) is 0 Å². The van der Waals surface area contributed by atoms with Crippen molar-refractivity contribution in [2.24, 2.45) is 0 Å². The molecule has 0 spiro atoms. The third-order valence-corrected chi connectivity index (χ3v) is 12.1. The van der Waals surface area contributed by atoms with Crippen LogP contribution in [0.4, 0.5) is 17.1 Å². The second kappa shape index (κ2) is 11.7. The SMILES string of the molecule is CC1(C)c2ccccc2-c2ccc(N(c3ccc(-c4cccc(-c5ccc6ccccc6c5)c4)cc3)c3ccc4c(c3)C(C)(C)c3ccccc3-4)cc21. The Morgan fingerprint density at radius 2 is 0.755 bits per heavy atom. The molecule has 53 heavy (non-hydrogen) atoms. The van der Waals surface area contributed by atoms with E-state index in [4.69, 9.17) is 0 Å². The minimum atomic E-state index is -0.0882. The van der Waals surface area contributed by atoms with Gasteiger partial charge in [0.1, 0.15) is 0 Å². The normalized spacial score (nSPS) is 14.3. The van der Waals surface area contributed by atoms with E-state index in [2.05, 4.69) is 209 Å². The number of rotatable bonds is 5. The minimum Gasteiger partial charge on any atom is -0.310 e. The number of anilines is 3. The summed E-state index contributed by atoms with van der Waals surface area (Å²) >= 11 is 0. The van der Waals surface area contributed by atoms with Gasteiger partial charge in [-0.2, -0.15) is 0 Å². The molecule has 0 amide bonds. The second-order valence-corrected chi connectivity index (χ2v) is 15.8. The fourth-order valence-electron chi connectivity index (χ4n) is 9.16. The van der Waals surface area contributed by atoms with Gasteiger partial charge < -0.3 is 4.90 Å². The molecule has 0 saturated heterocycles. The molecule has 0 saturated carbocycles. The van der Waals surface area contributed by atoms with Crippen LogP contribution >= 0.6 is 0 Å². The Kier molecular flexibility index (Phi) is 6.94. The summed E-state index contributed by atoms with van der Waals surface area (Å²) in [5, 5.41) is 2.53. The lowest BCUT2D eigenvalue weighted by molar-refractivity contribution is 0.660. The summed E-state index contributed by atoms with van der Waals surface area (Å²) in [7, 11) is 0. The highest BCUT2D eigenvalue weighted by Crippen LogP contribution is 2.53. The highest BCUT2D eigenvalue weighted by Gasteiger charge is 2.37. The number of benzene rings is 8. The van der Waals surface area contributed by atoms with E-state index in [-0.39, 0.29) is 10.8 Å². The molecule has 254 valence electrons. The van der Waals surface area contributed by atoms with Gasteiger partial charge in [0.05, 0.1) is 0 Å². The van der Waals surface area contributed by atoms with Crippen molar-refractivity contribution < 1.29 is 0 Å². The van der Waals surface area contributed by atoms with Crippen molar-refractivity contribution in [3.8, 4) is 44.5 Å². The summed E-state index contributed by atoms with van der Waals surface area (Å²) in [6, 6.07) is 65.3. The Balaban J connectivity index is 1.08.